The van der Waals surface area contributed by atoms with Crippen molar-refractivity contribution in [2.24, 2.45) is 0 Å². The van der Waals surface area contributed by atoms with E-state index in [1.807, 2.05) is 42.5 Å². The van der Waals surface area contributed by atoms with E-state index in [1.54, 1.807) is 7.11 Å². The number of nitrogens with zero attached hydrogens (tertiary/aromatic N) is 2. The van der Waals surface area contributed by atoms with Crippen LogP contribution in [-0.2, 0) is 13.1 Å². The lowest BCUT2D eigenvalue weighted by Crippen LogP contribution is -2.12. The highest BCUT2D eigenvalue weighted by Gasteiger charge is 2.19. The van der Waals surface area contributed by atoms with Crippen LogP contribution in [0.1, 0.15) is 21.8 Å². The molecule has 2 heterocycles. The lowest BCUT2D eigenvalue weighted by molar-refractivity contribution is 0.0966. The minimum absolute atomic E-state index is 0.0464. The number of hydrogen-bond acceptors (Lipinski definition) is 6. The molecule has 126 valence electrons. The summed E-state index contributed by atoms with van der Waals surface area (Å²) >= 11 is 0. The molecule has 0 saturated heterocycles. The summed E-state index contributed by atoms with van der Waals surface area (Å²) in [5, 5.41) is 10.0. The molecule has 1 aliphatic rings. The smallest absolute Gasteiger partial charge is 0.251 e. The zero-order valence-electron chi connectivity index (χ0n) is 13.6. The van der Waals surface area contributed by atoms with E-state index in [2.05, 4.69) is 20.8 Å². The SMILES string of the molecule is COc1ccccc1-c1noc(CNc2ccc3c(c2)C(=O)NC3)n1. The van der Waals surface area contributed by atoms with Crippen molar-refractivity contribution in [3.05, 3.63) is 59.5 Å². The van der Waals surface area contributed by atoms with Crippen LogP contribution in [0.15, 0.2) is 47.0 Å². The highest BCUT2D eigenvalue weighted by atomic mass is 16.5. The third kappa shape index (κ3) is 2.91. The molecule has 0 atom stereocenters. The van der Waals surface area contributed by atoms with Crippen LogP contribution >= 0.6 is 0 Å². The Kier molecular flexibility index (Phi) is 3.81. The van der Waals surface area contributed by atoms with Crippen LogP contribution in [0, 0.1) is 0 Å². The van der Waals surface area contributed by atoms with Crippen LogP contribution in [0.25, 0.3) is 11.4 Å². The van der Waals surface area contributed by atoms with Crippen molar-refractivity contribution in [2.45, 2.75) is 13.1 Å². The molecular formula is C18H16N4O3. The fourth-order valence-corrected chi connectivity index (χ4v) is 2.77. The van der Waals surface area contributed by atoms with E-state index in [0.717, 1.165) is 16.8 Å². The molecule has 1 aliphatic heterocycles. The summed E-state index contributed by atoms with van der Waals surface area (Å²) < 4.78 is 10.6. The minimum Gasteiger partial charge on any atom is -0.496 e. The number of methoxy groups -OCH3 is 1. The fourth-order valence-electron chi connectivity index (χ4n) is 2.77. The lowest BCUT2D eigenvalue weighted by Gasteiger charge is -2.05. The van der Waals surface area contributed by atoms with Gasteiger partial charge in [-0.1, -0.05) is 23.4 Å². The summed E-state index contributed by atoms with van der Waals surface area (Å²) in [6, 6.07) is 13.2. The maximum atomic E-state index is 11.7. The van der Waals surface area contributed by atoms with Crippen molar-refractivity contribution >= 4 is 11.6 Å². The molecule has 0 radical (unpaired) electrons. The van der Waals surface area contributed by atoms with Crippen molar-refractivity contribution in [3.8, 4) is 17.1 Å². The second-order valence-electron chi connectivity index (χ2n) is 5.62. The Morgan fingerprint density at radius 1 is 1.24 bits per heavy atom. The molecule has 0 spiro atoms. The minimum atomic E-state index is -0.0464. The van der Waals surface area contributed by atoms with Gasteiger partial charge < -0.3 is 19.9 Å². The predicted octanol–water partition coefficient (Wildman–Crippen LogP) is 2.60. The third-order valence-electron chi connectivity index (χ3n) is 4.05. The molecule has 4 rings (SSSR count). The Morgan fingerprint density at radius 2 is 2.12 bits per heavy atom. The van der Waals surface area contributed by atoms with E-state index in [4.69, 9.17) is 9.26 Å². The maximum Gasteiger partial charge on any atom is 0.251 e. The second kappa shape index (κ2) is 6.27. The first kappa shape index (κ1) is 15.2. The molecule has 7 heteroatoms. The Bertz CT molecular complexity index is 936. The van der Waals surface area contributed by atoms with E-state index < -0.39 is 0 Å². The van der Waals surface area contributed by atoms with Crippen LogP contribution < -0.4 is 15.4 Å². The topological polar surface area (TPSA) is 89.3 Å². The second-order valence-corrected chi connectivity index (χ2v) is 5.62. The van der Waals surface area contributed by atoms with Crippen molar-refractivity contribution in [1.29, 1.82) is 0 Å². The fraction of sp³-hybridized carbons (Fsp3) is 0.167. The van der Waals surface area contributed by atoms with E-state index >= 15 is 0 Å². The number of amides is 1. The Morgan fingerprint density at radius 3 is 3.00 bits per heavy atom. The van der Waals surface area contributed by atoms with Gasteiger partial charge in [0.05, 0.1) is 19.2 Å². The van der Waals surface area contributed by atoms with E-state index in [1.165, 1.54) is 0 Å². The summed E-state index contributed by atoms with van der Waals surface area (Å²) in [6.45, 7) is 0.947. The summed E-state index contributed by atoms with van der Waals surface area (Å²) in [6.07, 6.45) is 0. The molecular weight excluding hydrogens is 320 g/mol. The summed E-state index contributed by atoms with van der Waals surface area (Å²) in [5.74, 6) is 1.57. The van der Waals surface area contributed by atoms with Crippen molar-refractivity contribution in [1.82, 2.24) is 15.5 Å². The number of anilines is 1. The van der Waals surface area contributed by atoms with Gasteiger partial charge in [0, 0.05) is 17.8 Å². The molecule has 1 amide bonds. The summed E-state index contributed by atoms with van der Waals surface area (Å²) in [7, 11) is 1.60. The van der Waals surface area contributed by atoms with Crippen LogP contribution in [0.2, 0.25) is 0 Å². The quantitative estimate of drug-likeness (QED) is 0.744. The van der Waals surface area contributed by atoms with Crippen molar-refractivity contribution in [2.75, 3.05) is 12.4 Å². The van der Waals surface area contributed by atoms with Gasteiger partial charge in [0.25, 0.3) is 5.91 Å². The molecule has 0 unspecified atom stereocenters. The van der Waals surface area contributed by atoms with Gasteiger partial charge in [0.1, 0.15) is 5.75 Å². The summed E-state index contributed by atoms with van der Waals surface area (Å²) in [5.41, 5.74) is 3.30. The maximum absolute atomic E-state index is 11.7. The molecule has 3 aromatic rings. The van der Waals surface area contributed by atoms with Gasteiger partial charge in [-0.15, -0.1) is 0 Å². The third-order valence-corrected chi connectivity index (χ3v) is 4.05. The molecule has 25 heavy (non-hydrogen) atoms. The Hall–Kier alpha value is -3.35. The largest absolute Gasteiger partial charge is 0.496 e. The summed E-state index contributed by atoms with van der Waals surface area (Å²) in [4.78, 5) is 16.1. The number of rotatable bonds is 5. The average molecular weight is 336 g/mol. The zero-order valence-corrected chi connectivity index (χ0v) is 13.6. The number of para-hydroxylation sites is 1. The normalized spacial score (nSPS) is 12.6. The van der Waals surface area contributed by atoms with E-state index in [0.29, 0.717) is 36.1 Å². The Labute approximate surface area is 144 Å². The van der Waals surface area contributed by atoms with Gasteiger partial charge in [-0.2, -0.15) is 4.98 Å². The first-order valence-corrected chi connectivity index (χ1v) is 7.85. The van der Waals surface area contributed by atoms with Crippen LogP contribution in [-0.4, -0.2) is 23.2 Å². The first-order chi connectivity index (χ1) is 12.2. The number of carbonyl (C=O) groups excluding carboxylic acids is 1. The van der Waals surface area contributed by atoms with Crippen LogP contribution in [0.4, 0.5) is 5.69 Å². The highest BCUT2D eigenvalue weighted by molar-refractivity contribution is 5.99. The number of benzene rings is 2. The number of carbonyl (C=O) groups is 1. The predicted molar refractivity (Wildman–Crippen MR) is 91.2 cm³/mol. The number of fused-ring (bicyclic) bond motifs is 1. The zero-order chi connectivity index (χ0) is 17.2. The molecule has 0 saturated carbocycles. The monoisotopic (exact) mass is 336 g/mol. The van der Waals surface area contributed by atoms with Gasteiger partial charge in [-0.25, -0.2) is 0 Å². The average Bonchev–Trinajstić information content (AvgIpc) is 3.27. The molecule has 2 aromatic carbocycles. The molecule has 0 bridgehead atoms. The van der Waals surface area contributed by atoms with Gasteiger partial charge in [0.2, 0.25) is 11.7 Å². The van der Waals surface area contributed by atoms with Crippen LogP contribution in [0.3, 0.4) is 0 Å². The van der Waals surface area contributed by atoms with Crippen LogP contribution in [0.5, 0.6) is 5.75 Å². The lowest BCUT2D eigenvalue weighted by atomic mass is 10.1. The molecule has 0 aliphatic carbocycles. The van der Waals surface area contributed by atoms with Gasteiger partial charge >= 0.3 is 0 Å². The Balaban J connectivity index is 1.49. The number of aromatic nitrogens is 2. The van der Waals surface area contributed by atoms with E-state index in [-0.39, 0.29) is 5.91 Å². The number of nitrogens with one attached hydrogen (secondary N) is 2. The van der Waals surface area contributed by atoms with Crippen molar-refractivity contribution < 1.29 is 14.1 Å². The molecule has 2 N–H and O–H groups in total. The number of hydrogen-bond donors (Lipinski definition) is 2. The van der Waals surface area contributed by atoms with Gasteiger partial charge in [-0.05, 0) is 29.8 Å². The first-order valence-electron chi connectivity index (χ1n) is 7.85. The molecule has 7 nitrogen and oxygen atoms in total. The highest BCUT2D eigenvalue weighted by Crippen LogP contribution is 2.27. The van der Waals surface area contributed by atoms with E-state index in [9.17, 15) is 4.79 Å². The van der Waals surface area contributed by atoms with Crippen molar-refractivity contribution in [3.63, 3.8) is 0 Å². The molecule has 0 fully saturated rings. The standard InChI is InChI=1S/C18H16N4O3/c1-24-15-5-3-2-4-13(15)17-21-16(25-22-17)10-19-12-7-6-11-9-20-18(23)14(11)8-12/h2-8,19H,9-10H2,1H3,(H,20,23). The van der Waals surface area contributed by atoms with Gasteiger partial charge in [-0.3, -0.25) is 4.79 Å². The molecule has 1 aromatic heterocycles. The number of ether oxygens (including phenoxy) is 1. The van der Waals surface area contributed by atoms with Gasteiger partial charge in [0.15, 0.2) is 0 Å².